The Morgan fingerprint density at radius 1 is 1.35 bits per heavy atom. The molecule has 0 saturated heterocycles. The summed E-state index contributed by atoms with van der Waals surface area (Å²) in [5, 5.41) is 11.0. The number of ether oxygens (including phenoxy) is 1. The fourth-order valence-corrected chi connectivity index (χ4v) is 1.38. The highest BCUT2D eigenvalue weighted by Gasteiger charge is 2.26. The van der Waals surface area contributed by atoms with Gasteiger partial charge in [-0.1, -0.05) is 18.2 Å². The van der Waals surface area contributed by atoms with Crippen molar-refractivity contribution in [2.24, 2.45) is 0 Å². The molecule has 96 valence electrons. The maximum atomic E-state index is 12.8. The molecule has 0 aliphatic heterocycles. The number of halogens is 2. The molecule has 3 nitrogen and oxygen atoms in total. The normalized spacial score (nSPS) is 11.5. The predicted octanol–water partition coefficient (Wildman–Crippen LogP) is 1.80. The van der Waals surface area contributed by atoms with Crippen LogP contribution in [0.5, 0.6) is 5.75 Å². The molecule has 0 amide bonds. The highest BCUT2D eigenvalue weighted by atomic mass is 19.3. The van der Waals surface area contributed by atoms with Crippen molar-refractivity contribution in [3.05, 3.63) is 29.8 Å². The van der Waals surface area contributed by atoms with Crippen molar-refractivity contribution in [2.45, 2.75) is 19.4 Å². The minimum atomic E-state index is -3.08. The summed E-state index contributed by atoms with van der Waals surface area (Å²) in [6, 6.07) is 7.26. The van der Waals surface area contributed by atoms with Crippen LogP contribution in [-0.4, -0.2) is 30.8 Å². The van der Waals surface area contributed by atoms with Crippen molar-refractivity contribution in [2.75, 3.05) is 19.8 Å². The third-order valence-corrected chi connectivity index (χ3v) is 2.20. The second-order valence-corrected chi connectivity index (χ2v) is 3.66. The van der Waals surface area contributed by atoms with Crippen molar-refractivity contribution in [3.63, 3.8) is 0 Å². The molecule has 17 heavy (non-hydrogen) atoms. The molecule has 0 radical (unpaired) electrons. The summed E-state index contributed by atoms with van der Waals surface area (Å²) in [6.45, 7) is 0.983. The van der Waals surface area contributed by atoms with E-state index in [1.54, 1.807) is 6.07 Å². The topological polar surface area (TPSA) is 41.5 Å². The number of rotatable bonds is 7. The Hall–Kier alpha value is -1.20. The molecule has 0 saturated carbocycles. The third-order valence-electron chi connectivity index (χ3n) is 2.20. The van der Waals surface area contributed by atoms with Gasteiger partial charge in [-0.05, 0) is 13.0 Å². The molecule has 0 atom stereocenters. The molecule has 0 aliphatic rings. The number of hydrogen-bond donors (Lipinski definition) is 2. The van der Waals surface area contributed by atoms with Crippen LogP contribution >= 0.6 is 0 Å². The first-order valence-corrected chi connectivity index (χ1v) is 5.49. The second kappa shape index (κ2) is 6.51. The number of alkyl halides is 2. The van der Waals surface area contributed by atoms with Crippen LogP contribution in [0.15, 0.2) is 24.3 Å². The monoisotopic (exact) mass is 245 g/mol. The molecule has 0 spiro atoms. The molecule has 0 aliphatic carbocycles. The Labute approximate surface area is 99.4 Å². The van der Waals surface area contributed by atoms with Gasteiger partial charge in [-0.25, -0.2) is 8.78 Å². The van der Waals surface area contributed by atoms with Gasteiger partial charge in [0.25, 0.3) is 5.92 Å². The van der Waals surface area contributed by atoms with Crippen LogP contribution < -0.4 is 10.1 Å². The first-order chi connectivity index (χ1) is 8.09. The van der Waals surface area contributed by atoms with Crippen LogP contribution in [-0.2, 0) is 6.54 Å². The molecule has 1 rings (SSSR count). The molecule has 0 fully saturated rings. The summed E-state index contributed by atoms with van der Waals surface area (Å²) < 4.78 is 30.9. The van der Waals surface area contributed by atoms with Crippen molar-refractivity contribution >= 4 is 0 Å². The number of benzene rings is 1. The molecule has 5 heteroatoms. The van der Waals surface area contributed by atoms with E-state index in [4.69, 9.17) is 9.84 Å². The van der Waals surface area contributed by atoms with Crippen LogP contribution in [0.25, 0.3) is 0 Å². The van der Waals surface area contributed by atoms with Crippen molar-refractivity contribution < 1.29 is 18.6 Å². The lowest BCUT2D eigenvalue weighted by molar-refractivity contribution is -0.0478. The zero-order valence-electron chi connectivity index (χ0n) is 9.75. The van der Waals surface area contributed by atoms with Crippen LogP contribution in [0.1, 0.15) is 12.5 Å². The predicted molar refractivity (Wildman–Crippen MR) is 61.4 cm³/mol. The Balaban J connectivity index is 2.51. The quantitative estimate of drug-likeness (QED) is 0.769. The summed E-state index contributed by atoms with van der Waals surface area (Å²) in [7, 11) is 0. The number of nitrogens with one attached hydrogen (secondary N) is 1. The molecular formula is C12H17F2NO2. The molecule has 0 bridgehead atoms. The fourth-order valence-electron chi connectivity index (χ4n) is 1.38. The molecule has 0 heterocycles. The Morgan fingerprint density at radius 3 is 2.71 bits per heavy atom. The van der Waals surface area contributed by atoms with Gasteiger partial charge in [0.2, 0.25) is 0 Å². The van der Waals surface area contributed by atoms with E-state index in [-0.39, 0.29) is 6.54 Å². The average molecular weight is 245 g/mol. The van der Waals surface area contributed by atoms with Crippen molar-refractivity contribution in [1.29, 1.82) is 0 Å². The van der Waals surface area contributed by atoms with Gasteiger partial charge in [0.05, 0.1) is 13.2 Å². The van der Waals surface area contributed by atoms with Crippen LogP contribution in [0.3, 0.4) is 0 Å². The van der Waals surface area contributed by atoms with E-state index < -0.39 is 19.1 Å². The molecule has 0 unspecified atom stereocenters. The van der Waals surface area contributed by atoms with Gasteiger partial charge < -0.3 is 15.2 Å². The largest absolute Gasteiger partial charge is 0.494 e. The SMILES string of the molecule is CCOc1ccccc1CNCC(F)(F)CO. The summed E-state index contributed by atoms with van der Waals surface area (Å²) >= 11 is 0. The van der Waals surface area contributed by atoms with E-state index in [2.05, 4.69) is 5.32 Å². The van der Waals surface area contributed by atoms with E-state index in [1.807, 2.05) is 25.1 Å². The van der Waals surface area contributed by atoms with Gasteiger partial charge in [0.15, 0.2) is 0 Å². The number of hydrogen-bond acceptors (Lipinski definition) is 3. The van der Waals surface area contributed by atoms with Gasteiger partial charge >= 0.3 is 0 Å². The van der Waals surface area contributed by atoms with E-state index in [0.717, 1.165) is 5.56 Å². The Kier molecular flexibility index (Phi) is 5.31. The Morgan fingerprint density at radius 2 is 2.06 bits per heavy atom. The first-order valence-electron chi connectivity index (χ1n) is 5.49. The summed E-state index contributed by atoms with van der Waals surface area (Å²) in [4.78, 5) is 0. The summed E-state index contributed by atoms with van der Waals surface area (Å²) in [6.07, 6.45) is 0. The van der Waals surface area contributed by atoms with E-state index in [9.17, 15) is 8.78 Å². The highest BCUT2D eigenvalue weighted by Crippen LogP contribution is 2.18. The molecule has 1 aromatic rings. The molecule has 2 N–H and O–H groups in total. The lowest BCUT2D eigenvalue weighted by Gasteiger charge is -2.15. The van der Waals surface area contributed by atoms with Crippen LogP contribution in [0.2, 0.25) is 0 Å². The highest BCUT2D eigenvalue weighted by molar-refractivity contribution is 5.33. The molecule has 1 aromatic carbocycles. The average Bonchev–Trinajstić information content (AvgIpc) is 2.31. The minimum absolute atomic E-state index is 0.283. The number of aliphatic hydroxyl groups excluding tert-OH is 1. The maximum Gasteiger partial charge on any atom is 0.282 e. The molecular weight excluding hydrogens is 228 g/mol. The molecule has 0 aromatic heterocycles. The lowest BCUT2D eigenvalue weighted by Crippen LogP contribution is -2.35. The number of aliphatic hydroxyl groups is 1. The summed E-state index contributed by atoms with van der Waals surface area (Å²) in [5.41, 5.74) is 0.822. The first kappa shape index (κ1) is 13.9. The second-order valence-electron chi connectivity index (χ2n) is 3.66. The van der Waals surface area contributed by atoms with Gasteiger partial charge in [0.1, 0.15) is 12.4 Å². The van der Waals surface area contributed by atoms with E-state index in [1.165, 1.54) is 0 Å². The van der Waals surface area contributed by atoms with Gasteiger partial charge in [-0.3, -0.25) is 0 Å². The third kappa shape index (κ3) is 4.66. The van der Waals surface area contributed by atoms with Crippen molar-refractivity contribution in [1.82, 2.24) is 5.32 Å². The van der Waals surface area contributed by atoms with Gasteiger partial charge in [-0.2, -0.15) is 0 Å². The Bertz CT molecular complexity index is 345. The van der Waals surface area contributed by atoms with E-state index >= 15 is 0 Å². The summed E-state index contributed by atoms with van der Waals surface area (Å²) in [5.74, 6) is -2.39. The smallest absolute Gasteiger partial charge is 0.282 e. The van der Waals surface area contributed by atoms with Gasteiger partial charge in [-0.15, -0.1) is 0 Å². The van der Waals surface area contributed by atoms with Crippen LogP contribution in [0.4, 0.5) is 8.78 Å². The van der Waals surface area contributed by atoms with E-state index in [0.29, 0.717) is 12.4 Å². The van der Waals surface area contributed by atoms with Gasteiger partial charge in [0, 0.05) is 12.1 Å². The standard InChI is InChI=1S/C12H17F2NO2/c1-2-17-11-6-4-3-5-10(11)7-15-8-12(13,14)9-16/h3-6,15-16H,2,7-9H2,1H3. The fraction of sp³-hybridized carbons (Fsp3) is 0.500. The lowest BCUT2D eigenvalue weighted by atomic mass is 10.2. The van der Waals surface area contributed by atoms with Crippen molar-refractivity contribution in [3.8, 4) is 5.75 Å². The zero-order chi connectivity index (χ0) is 12.7. The van der Waals surface area contributed by atoms with Crippen LogP contribution in [0, 0.1) is 0 Å². The maximum absolute atomic E-state index is 12.8. The zero-order valence-corrected chi connectivity index (χ0v) is 9.75. The minimum Gasteiger partial charge on any atom is -0.494 e. The number of para-hydroxylation sites is 1.